The Morgan fingerprint density at radius 3 is 2.31 bits per heavy atom. The number of nitrogens with two attached hydrogens (primary N) is 1. The standard InChI is InChI=1S/C11H16ClN/c1-3-8(2)11(13)9-4-6-10(12)7-5-9/h4-8,11H,3,13H2,1-2H3/t8?,11-/m0/s1. The lowest BCUT2D eigenvalue weighted by Gasteiger charge is -2.18. The third kappa shape index (κ3) is 2.71. The molecule has 0 aliphatic heterocycles. The van der Waals surface area contributed by atoms with Crippen LogP contribution in [0.1, 0.15) is 31.9 Å². The Hall–Kier alpha value is -0.530. The smallest absolute Gasteiger partial charge is 0.0406 e. The number of rotatable bonds is 3. The van der Waals surface area contributed by atoms with Gasteiger partial charge in [-0.2, -0.15) is 0 Å². The number of halogens is 1. The summed E-state index contributed by atoms with van der Waals surface area (Å²) < 4.78 is 0. The molecule has 1 nitrogen and oxygen atoms in total. The van der Waals surface area contributed by atoms with E-state index in [0.717, 1.165) is 11.4 Å². The Labute approximate surface area is 84.9 Å². The van der Waals surface area contributed by atoms with Crippen molar-refractivity contribution in [3.05, 3.63) is 34.9 Å². The van der Waals surface area contributed by atoms with Gasteiger partial charge in [0.15, 0.2) is 0 Å². The predicted molar refractivity (Wildman–Crippen MR) is 57.8 cm³/mol. The van der Waals surface area contributed by atoms with E-state index in [4.69, 9.17) is 17.3 Å². The molecule has 0 saturated carbocycles. The molecule has 0 fully saturated rings. The molecule has 0 bridgehead atoms. The summed E-state index contributed by atoms with van der Waals surface area (Å²) in [5.74, 6) is 0.515. The van der Waals surface area contributed by atoms with E-state index in [-0.39, 0.29) is 6.04 Å². The van der Waals surface area contributed by atoms with Crippen molar-refractivity contribution in [3.63, 3.8) is 0 Å². The lowest BCUT2D eigenvalue weighted by Crippen LogP contribution is -2.18. The lowest BCUT2D eigenvalue weighted by molar-refractivity contribution is 0.457. The van der Waals surface area contributed by atoms with Crippen LogP contribution in [0, 0.1) is 5.92 Å². The Morgan fingerprint density at radius 1 is 1.31 bits per heavy atom. The van der Waals surface area contributed by atoms with Crippen LogP contribution in [0.3, 0.4) is 0 Å². The highest BCUT2D eigenvalue weighted by Gasteiger charge is 2.12. The summed E-state index contributed by atoms with van der Waals surface area (Å²) in [7, 11) is 0. The van der Waals surface area contributed by atoms with Crippen LogP contribution in [-0.2, 0) is 0 Å². The molecule has 0 radical (unpaired) electrons. The van der Waals surface area contributed by atoms with Crippen LogP contribution in [0.25, 0.3) is 0 Å². The zero-order chi connectivity index (χ0) is 9.84. The van der Waals surface area contributed by atoms with Crippen molar-refractivity contribution >= 4 is 11.6 Å². The maximum atomic E-state index is 6.06. The normalized spacial score (nSPS) is 15.4. The van der Waals surface area contributed by atoms with Gasteiger partial charge in [-0.15, -0.1) is 0 Å². The van der Waals surface area contributed by atoms with E-state index in [1.807, 2.05) is 24.3 Å². The fraction of sp³-hybridized carbons (Fsp3) is 0.455. The van der Waals surface area contributed by atoms with Gasteiger partial charge >= 0.3 is 0 Å². The highest BCUT2D eigenvalue weighted by atomic mass is 35.5. The molecule has 2 N–H and O–H groups in total. The van der Waals surface area contributed by atoms with Gasteiger partial charge in [-0.1, -0.05) is 44.0 Å². The van der Waals surface area contributed by atoms with Crippen LogP contribution < -0.4 is 5.73 Å². The third-order valence-electron chi connectivity index (χ3n) is 2.51. The number of hydrogen-bond acceptors (Lipinski definition) is 1. The van der Waals surface area contributed by atoms with E-state index in [2.05, 4.69) is 13.8 Å². The molecule has 0 aliphatic rings. The molecule has 0 heterocycles. The topological polar surface area (TPSA) is 26.0 Å². The first kappa shape index (κ1) is 10.6. The molecule has 13 heavy (non-hydrogen) atoms. The van der Waals surface area contributed by atoms with Crippen molar-refractivity contribution in [1.29, 1.82) is 0 Å². The third-order valence-corrected chi connectivity index (χ3v) is 2.76. The molecule has 1 rings (SSSR count). The van der Waals surface area contributed by atoms with Crippen LogP contribution >= 0.6 is 11.6 Å². The van der Waals surface area contributed by atoms with Gasteiger partial charge in [-0.25, -0.2) is 0 Å². The van der Waals surface area contributed by atoms with Crippen molar-refractivity contribution < 1.29 is 0 Å². The minimum Gasteiger partial charge on any atom is -0.324 e. The second kappa shape index (κ2) is 4.64. The van der Waals surface area contributed by atoms with E-state index < -0.39 is 0 Å². The molecule has 2 atom stereocenters. The van der Waals surface area contributed by atoms with Gasteiger partial charge in [0.05, 0.1) is 0 Å². The molecule has 2 heteroatoms. The molecule has 1 aromatic carbocycles. The van der Waals surface area contributed by atoms with Crippen LogP contribution in [-0.4, -0.2) is 0 Å². The van der Waals surface area contributed by atoms with E-state index in [1.165, 1.54) is 5.56 Å². The first-order chi connectivity index (χ1) is 6.15. The predicted octanol–water partition coefficient (Wildman–Crippen LogP) is 3.39. The molecule has 0 amide bonds. The average Bonchev–Trinajstić information content (AvgIpc) is 2.17. The zero-order valence-corrected chi connectivity index (χ0v) is 8.88. The molecule has 0 aromatic heterocycles. The van der Waals surface area contributed by atoms with E-state index in [1.54, 1.807) is 0 Å². The number of benzene rings is 1. The quantitative estimate of drug-likeness (QED) is 0.790. The first-order valence-corrected chi connectivity index (χ1v) is 5.04. The van der Waals surface area contributed by atoms with Crippen LogP contribution in [0.5, 0.6) is 0 Å². The Morgan fingerprint density at radius 2 is 1.85 bits per heavy atom. The second-order valence-electron chi connectivity index (χ2n) is 3.46. The molecular weight excluding hydrogens is 182 g/mol. The molecule has 1 aromatic rings. The van der Waals surface area contributed by atoms with Crippen LogP contribution in [0.15, 0.2) is 24.3 Å². The fourth-order valence-electron chi connectivity index (χ4n) is 1.27. The van der Waals surface area contributed by atoms with Gasteiger partial charge in [-0.3, -0.25) is 0 Å². The summed E-state index contributed by atoms with van der Waals surface area (Å²) >= 11 is 5.79. The molecule has 0 spiro atoms. The SMILES string of the molecule is CCC(C)[C@H](N)c1ccc(Cl)cc1. The van der Waals surface area contributed by atoms with E-state index >= 15 is 0 Å². The van der Waals surface area contributed by atoms with Crippen molar-refractivity contribution in [1.82, 2.24) is 0 Å². The van der Waals surface area contributed by atoms with Crippen LogP contribution in [0.4, 0.5) is 0 Å². The van der Waals surface area contributed by atoms with Gasteiger partial charge < -0.3 is 5.73 Å². The summed E-state index contributed by atoms with van der Waals surface area (Å²) in [4.78, 5) is 0. The molecular formula is C11H16ClN. The molecule has 0 aliphatic carbocycles. The molecule has 0 saturated heterocycles. The largest absolute Gasteiger partial charge is 0.324 e. The maximum Gasteiger partial charge on any atom is 0.0406 e. The first-order valence-electron chi connectivity index (χ1n) is 4.66. The zero-order valence-electron chi connectivity index (χ0n) is 8.13. The minimum absolute atomic E-state index is 0.127. The van der Waals surface area contributed by atoms with Crippen LogP contribution in [0.2, 0.25) is 5.02 Å². The van der Waals surface area contributed by atoms with Crippen molar-refractivity contribution in [2.24, 2.45) is 11.7 Å². The van der Waals surface area contributed by atoms with Gasteiger partial charge in [0.25, 0.3) is 0 Å². The van der Waals surface area contributed by atoms with Gasteiger partial charge in [0, 0.05) is 11.1 Å². The minimum atomic E-state index is 0.127. The van der Waals surface area contributed by atoms with Crippen molar-refractivity contribution in [3.8, 4) is 0 Å². The second-order valence-corrected chi connectivity index (χ2v) is 3.90. The molecule has 72 valence electrons. The highest BCUT2D eigenvalue weighted by molar-refractivity contribution is 6.30. The fourth-order valence-corrected chi connectivity index (χ4v) is 1.39. The van der Waals surface area contributed by atoms with Gasteiger partial charge in [-0.05, 0) is 23.6 Å². The molecule has 1 unspecified atom stereocenters. The van der Waals surface area contributed by atoms with E-state index in [9.17, 15) is 0 Å². The van der Waals surface area contributed by atoms with Gasteiger partial charge in [0.1, 0.15) is 0 Å². The Kier molecular flexibility index (Phi) is 3.76. The van der Waals surface area contributed by atoms with E-state index in [0.29, 0.717) is 5.92 Å². The maximum absolute atomic E-state index is 6.06. The summed E-state index contributed by atoms with van der Waals surface area (Å²) in [6.45, 7) is 4.32. The Balaban J connectivity index is 2.77. The lowest BCUT2D eigenvalue weighted by atomic mass is 9.93. The average molecular weight is 198 g/mol. The Bertz CT molecular complexity index is 255. The van der Waals surface area contributed by atoms with Crippen molar-refractivity contribution in [2.45, 2.75) is 26.3 Å². The summed E-state index contributed by atoms with van der Waals surface area (Å²) in [6, 6.07) is 7.90. The summed E-state index contributed by atoms with van der Waals surface area (Å²) in [6.07, 6.45) is 1.10. The highest BCUT2D eigenvalue weighted by Crippen LogP contribution is 2.22. The number of hydrogen-bond donors (Lipinski definition) is 1. The van der Waals surface area contributed by atoms with Gasteiger partial charge in [0.2, 0.25) is 0 Å². The summed E-state index contributed by atoms with van der Waals surface area (Å²) in [5.41, 5.74) is 7.22. The van der Waals surface area contributed by atoms with Crippen molar-refractivity contribution in [2.75, 3.05) is 0 Å². The summed E-state index contributed by atoms with van der Waals surface area (Å²) in [5, 5.41) is 0.764. The monoisotopic (exact) mass is 197 g/mol.